The second-order valence-corrected chi connectivity index (χ2v) is 4.04. The van der Waals surface area contributed by atoms with E-state index in [4.69, 9.17) is 0 Å². The molecule has 18 heavy (non-hydrogen) atoms. The molecule has 0 saturated carbocycles. The molecule has 0 spiro atoms. The molecule has 0 saturated heterocycles. The van der Waals surface area contributed by atoms with Gasteiger partial charge in [-0.15, -0.1) is 0 Å². The van der Waals surface area contributed by atoms with E-state index in [9.17, 15) is 19.2 Å². The van der Waals surface area contributed by atoms with Crippen LogP contribution in [-0.2, 0) is 14.1 Å². The van der Waals surface area contributed by atoms with E-state index in [-0.39, 0.29) is 11.3 Å². The van der Waals surface area contributed by atoms with E-state index >= 15 is 0 Å². The molecule has 0 aliphatic rings. The number of hydrogen-bond acceptors (Lipinski definition) is 4. The van der Waals surface area contributed by atoms with Crippen LogP contribution in [0.25, 0.3) is 11.3 Å². The van der Waals surface area contributed by atoms with Crippen molar-refractivity contribution in [3.63, 3.8) is 0 Å². The maximum absolute atomic E-state index is 11.9. The first kappa shape index (κ1) is 12.1. The second kappa shape index (κ2) is 3.56. The first-order valence-electron chi connectivity index (χ1n) is 5.20. The second-order valence-electron chi connectivity index (χ2n) is 4.04. The lowest BCUT2D eigenvalue weighted by atomic mass is 10.6. The van der Waals surface area contributed by atoms with Crippen molar-refractivity contribution in [2.24, 2.45) is 14.1 Å². The highest BCUT2D eigenvalue weighted by atomic mass is 16.2. The van der Waals surface area contributed by atoms with Crippen LogP contribution in [-0.4, -0.2) is 30.1 Å². The van der Waals surface area contributed by atoms with Crippen LogP contribution in [0.3, 0.4) is 0 Å². The van der Waals surface area contributed by atoms with Crippen molar-refractivity contribution in [3.05, 3.63) is 21.0 Å². The quantitative estimate of drug-likeness (QED) is 0.611. The molecule has 96 valence electrons. The molecule has 0 N–H and O–H groups in total. The van der Waals surface area contributed by atoms with Gasteiger partial charge in [-0.2, -0.15) is 0 Å². The monoisotopic (exact) mass is 252 g/mol. The predicted molar refractivity (Wildman–Crippen MR) is 63.0 cm³/mol. The third-order valence-corrected chi connectivity index (χ3v) is 2.85. The summed E-state index contributed by atoms with van der Waals surface area (Å²) < 4.78 is 3.96. The molecule has 0 amide bonds. The summed E-state index contributed by atoms with van der Waals surface area (Å²) in [7, 11) is 2.88. The van der Waals surface area contributed by atoms with E-state index in [1.54, 1.807) is 0 Å². The predicted octanol–water partition coefficient (Wildman–Crippen LogP) is -0.840. The summed E-state index contributed by atoms with van der Waals surface area (Å²) in [5.41, 5.74) is -0.929. The van der Waals surface area contributed by atoms with E-state index in [1.165, 1.54) is 27.9 Å². The van der Waals surface area contributed by atoms with Crippen LogP contribution in [0.1, 0.15) is 23.4 Å². The average Bonchev–Trinajstić information content (AvgIpc) is 2.64. The summed E-state index contributed by atoms with van der Waals surface area (Å²) in [5.74, 6) is -1.10. The number of aromatic nitrogens is 4. The zero-order chi connectivity index (χ0) is 13.8. The van der Waals surface area contributed by atoms with Gasteiger partial charge in [0.15, 0.2) is 11.3 Å². The van der Waals surface area contributed by atoms with Gasteiger partial charge in [-0.1, -0.05) is 0 Å². The number of rotatable bonds is 0. The smallest absolute Gasteiger partial charge is 0.279 e. The minimum absolute atomic E-state index is 0.00926. The molecule has 0 aromatic carbocycles. The standard InChI is InChI=1S/C10H12N4O4/c1-5(15)13-8-7(11(3)9(13)17)12(4)10(18)14(8)6(2)16/h1-4H3. The number of carbonyl (C=O) groups is 2. The van der Waals surface area contributed by atoms with Crippen LogP contribution in [0, 0.1) is 0 Å². The van der Waals surface area contributed by atoms with Crippen molar-refractivity contribution in [1.82, 2.24) is 18.3 Å². The maximum atomic E-state index is 11.9. The molecule has 0 fully saturated rings. The summed E-state index contributed by atoms with van der Waals surface area (Å²) in [6.45, 7) is 2.39. The fourth-order valence-corrected chi connectivity index (χ4v) is 2.06. The molecule has 8 heteroatoms. The van der Waals surface area contributed by atoms with Crippen molar-refractivity contribution >= 4 is 23.1 Å². The third kappa shape index (κ3) is 1.25. The lowest BCUT2D eigenvalue weighted by molar-refractivity contribution is 0.0927. The summed E-state index contributed by atoms with van der Waals surface area (Å²) in [6, 6.07) is 0. The molecule has 0 aliphatic heterocycles. The Hall–Kier alpha value is -2.38. The molecule has 8 nitrogen and oxygen atoms in total. The van der Waals surface area contributed by atoms with E-state index < -0.39 is 23.2 Å². The maximum Gasteiger partial charge on any atom is 0.338 e. The van der Waals surface area contributed by atoms with Gasteiger partial charge in [-0.3, -0.25) is 18.7 Å². The third-order valence-electron chi connectivity index (χ3n) is 2.85. The topological polar surface area (TPSA) is 88.0 Å². The number of hydrogen-bond donors (Lipinski definition) is 0. The minimum atomic E-state index is -0.585. The van der Waals surface area contributed by atoms with Crippen molar-refractivity contribution < 1.29 is 9.59 Å². The largest absolute Gasteiger partial charge is 0.338 e. The zero-order valence-corrected chi connectivity index (χ0v) is 10.4. The van der Waals surface area contributed by atoms with Crippen LogP contribution in [0.15, 0.2) is 9.59 Å². The van der Waals surface area contributed by atoms with Gasteiger partial charge in [0.25, 0.3) is 0 Å². The van der Waals surface area contributed by atoms with Gasteiger partial charge in [-0.25, -0.2) is 18.7 Å². The minimum Gasteiger partial charge on any atom is -0.279 e. The average molecular weight is 252 g/mol. The van der Waals surface area contributed by atoms with Crippen LogP contribution >= 0.6 is 0 Å². The highest BCUT2D eigenvalue weighted by Crippen LogP contribution is 2.10. The van der Waals surface area contributed by atoms with Gasteiger partial charge in [0, 0.05) is 27.9 Å². The molecule has 2 heterocycles. The fourth-order valence-electron chi connectivity index (χ4n) is 2.06. The number of fused-ring (bicyclic) bond motifs is 1. The highest BCUT2D eigenvalue weighted by Gasteiger charge is 2.24. The van der Waals surface area contributed by atoms with Crippen molar-refractivity contribution in [2.75, 3.05) is 0 Å². The molecular formula is C10H12N4O4. The van der Waals surface area contributed by atoms with Gasteiger partial charge in [0.1, 0.15) is 0 Å². The molecule has 0 atom stereocenters. The lowest BCUT2D eigenvalue weighted by Gasteiger charge is -1.98. The van der Waals surface area contributed by atoms with E-state index in [1.807, 2.05) is 0 Å². The van der Waals surface area contributed by atoms with Gasteiger partial charge >= 0.3 is 11.4 Å². The van der Waals surface area contributed by atoms with Crippen molar-refractivity contribution in [1.29, 1.82) is 0 Å². The Morgan fingerprint density at radius 1 is 0.778 bits per heavy atom. The lowest BCUT2D eigenvalue weighted by Crippen LogP contribution is -2.33. The van der Waals surface area contributed by atoms with E-state index in [0.717, 1.165) is 18.3 Å². The van der Waals surface area contributed by atoms with Gasteiger partial charge in [0.2, 0.25) is 11.8 Å². The SMILES string of the molecule is CC(=O)n1c(=O)n(C)c2c1n(C(C)=O)c(=O)n2C. The van der Waals surface area contributed by atoms with Crippen LogP contribution in [0.2, 0.25) is 0 Å². The van der Waals surface area contributed by atoms with E-state index in [2.05, 4.69) is 0 Å². The van der Waals surface area contributed by atoms with E-state index in [0.29, 0.717) is 0 Å². The summed E-state index contributed by atoms with van der Waals surface area (Å²) in [4.78, 5) is 46.8. The number of carbonyl (C=O) groups excluding carboxylic acids is 2. The summed E-state index contributed by atoms with van der Waals surface area (Å²) >= 11 is 0. The molecule has 0 radical (unpaired) electrons. The number of imidazole rings is 2. The Balaban J connectivity index is 3.22. The summed E-state index contributed by atoms with van der Waals surface area (Å²) in [6.07, 6.45) is 0. The molecule has 2 aromatic heterocycles. The molecule has 0 bridgehead atoms. The molecule has 2 aromatic rings. The van der Waals surface area contributed by atoms with Crippen LogP contribution in [0.4, 0.5) is 0 Å². The normalized spacial score (nSPS) is 11.1. The Kier molecular flexibility index (Phi) is 2.39. The molecule has 0 unspecified atom stereocenters. The Morgan fingerprint density at radius 2 is 1.11 bits per heavy atom. The Morgan fingerprint density at radius 3 is 1.39 bits per heavy atom. The van der Waals surface area contributed by atoms with Gasteiger partial charge in [-0.05, 0) is 0 Å². The van der Waals surface area contributed by atoms with Crippen molar-refractivity contribution in [2.45, 2.75) is 13.8 Å². The van der Waals surface area contributed by atoms with Gasteiger partial charge < -0.3 is 0 Å². The summed E-state index contributed by atoms with van der Waals surface area (Å²) in [5, 5.41) is 0. The van der Waals surface area contributed by atoms with Crippen molar-refractivity contribution in [3.8, 4) is 0 Å². The highest BCUT2D eigenvalue weighted by molar-refractivity contribution is 5.92. The number of aryl methyl sites for hydroxylation is 2. The van der Waals surface area contributed by atoms with Crippen LogP contribution in [0.5, 0.6) is 0 Å². The Labute approximate surface area is 101 Å². The number of nitrogens with zero attached hydrogens (tertiary/aromatic N) is 4. The fraction of sp³-hybridized carbons (Fsp3) is 0.400. The van der Waals surface area contributed by atoms with Gasteiger partial charge in [0.05, 0.1) is 0 Å². The molecule has 0 aliphatic carbocycles. The Bertz CT molecular complexity index is 735. The zero-order valence-electron chi connectivity index (χ0n) is 10.4. The van der Waals surface area contributed by atoms with Crippen LogP contribution < -0.4 is 11.4 Å². The molecule has 2 rings (SSSR count). The first-order valence-corrected chi connectivity index (χ1v) is 5.20. The first-order chi connectivity index (χ1) is 8.29. The molecular weight excluding hydrogens is 240 g/mol.